The maximum Gasteiger partial charge on any atom is 0.416 e. The molecule has 18 aromatic rings. The molecule has 39 heteroatoms. The molecular formula is C109H115F3N24O12. The first-order valence-electron chi connectivity index (χ1n) is 47.1. The number of aromatic nitrogens is 18. The molecule has 0 radical (unpaired) electrons. The number of anilines is 8. The van der Waals surface area contributed by atoms with Crippen LogP contribution in [-0.2, 0) is 31.9 Å². The number of methoxy groups -OCH3 is 10. The highest BCUT2D eigenvalue weighted by Gasteiger charge is 2.40. The molecule has 0 saturated carbocycles. The zero-order valence-electron chi connectivity index (χ0n) is 84.1. The number of rotatable bonds is 39. The highest BCUT2D eigenvalue weighted by Crippen LogP contribution is 2.42. The summed E-state index contributed by atoms with van der Waals surface area (Å²) in [6.45, 7) is 5.50. The van der Waals surface area contributed by atoms with Crippen molar-refractivity contribution in [1.29, 1.82) is 0 Å². The molecule has 0 aliphatic rings. The quantitative estimate of drug-likeness (QED) is 0.0278. The van der Waals surface area contributed by atoms with E-state index < -0.39 is 24.9 Å². The lowest BCUT2D eigenvalue weighted by Crippen LogP contribution is -2.39. The predicted octanol–water partition coefficient (Wildman–Crippen LogP) is 17.8. The summed E-state index contributed by atoms with van der Waals surface area (Å²) >= 11 is 0. The molecular weight excluding hydrogens is 1890 g/mol. The number of fused-ring (bicyclic) bond motifs is 4. The first-order valence-corrected chi connectivity index (χ1v) is 47.1. The van der Waals surface area contributed by atoms with E-state index in [1.54, 1.807) is 169 Å². The van der Waals surface area contributed by atoms with Crippen LogP contribution in [0.2, 0.25) is 0 Å². The lowest BCUT2D eigenvalue weighted by atomic mass is 10.1. The van der Waals surface area contributed by atoms with Crippen LogP contribution in [0, 0.1) is 6.92 Å². The summed E-state index contributed by atoms with van der Waals surface area (Å²) in [4.78, 5) is 54.1. The van der Waals surface area contributed by atoms with Gasteiger partial charge in [-0.05, 0) is 148 Å². The summed E-state index contributed by atoms with van der Waals surface area (Å²) in [6, 6.07) is 52.6. The molecule has 0 unspecified atom stereocenters. The largest absolute Gasteiger partial charge is 0.497 e. The normalized spacial score (nSPS) is 11.7. The monoisotopic (exact) mass is 2010 g/mol. The van der Waals surface area contributed by atoms with Crippen molar-refractivity contribution in [2.75, 3.05) is 137 Å². The van der Waals surface area contributed by atoms with Gasteiger partial charge < -0.3 is 88.6 Å². The average molecular weight is 2010 g/mol. The Balaban J connectivity index is 0.000000148. The van der Waals surface area contributed by atoms with Crippen molar-refractivity contribution in [1.82, 2.24) is 89.0 Å². The summed E-state index contributed by atoms with van der Waals surface area (Å²) in [7, 11) is 19.6. The van der Waals surface area contributed by atoms with Crippen LogP contribution in [0.1, 0.15) is 29.8 Å². The van der Waals surface area contributed by atoms with Gasteiger partial charge in [-0.25, -0.2) is 19.9 Å². The zero-order valence-corrected chi connectivity index (χ0v) is 84.1. The predicted molar refractivity (Wildman–Crippen MR) is 566 cm³/mol. The van der Waals surface area contributed by atoms with Crippen LogP contribution in [0.15, 0.2) is 269 Å². The molecule has 6 N–H and O–H groups in total. The SMILES string of the molecule is COC[C@H](O)CN(c1cc(OC)cc(OC)c1)c1ccc2ncc(-c3cnn(CCCN)c3)nc2c1.COc1cc(OC)cc(N(C/C=C/c2cc(C)ccn2)c2ccc3ncc(-c4cnn(C)c4)nc3c2)c1.COc1cc(OC)cc(N(C/C=C/c2ncccc2OC)c2ccc3ncc(-c4cnn(C)c4)nc3c2)c1.COc1cc(OC)cc(N(C[C@H](O)C(F)(F)F)c2ccc3ncc(-c4cnn(CCCN)c4)nc3c2)c1. The Morgan fingerprint density at radius 2 is 0.716 bits per heavy atom. The Kier molecular flexibility index (Phi) is 35.4. The fraction of sp³-hybridized carbons (Fsp3) is 0.248. The minimum atomic E-state index is -4.81. The molecule has 764 valence electrons. The second kappa shape index (κ2) is 49.8. The fourth-order valence-electron chi connectivity index (χ4n) is 15.9. The summed E-state index contributed by atoms with van der Waals surface area (Å²) < 4.78 is 101. The van der Waals surface area contributed by atoms with E-state index in [2.05, 4.69) is 84.1 Å². The van der Waals surface area contributed by atoms with E-state index in [0.29, 0.717) is 113 Å². The summed E-state index contributed by atoms with van der Waals surface area (Å²) in [6.07, 6.45) is 26.8. The second-order valence-electron chi connectivity index (χ2n) is 33.8. The Labute approximate surface area is 852 Å². The van der Waals surface area contributed by atoms with Crippen LogP contribution in [0.25, 0.3) is 101 Å². The van der Waals surface area contributed by atoms with Gasteiger partial charge in [-0.15, -0.1) is 0 Å². The van der Waals surface area contributed by atoms with Crippen LogP contribution in [-0.4, -0.2) is 235 Å². The van der Waals surface area contributed by atoms with Crippen LogP contribution in [0.5, 0.6) is 51.7 Å². The number of aryl methyl sites for hydroxylation is 5. The van der Waals surface area contributed by atoms with Crippen LogP contribution >= 0.6 is 0 Å². The van der Waals surface area contributed by atoms with E-state index >= 15 is 0 Å². The maximum atomic E-state index is 13.3. The van der Waals surface area contributed by atoms with Crippen molar-refractivity contribution in [2.45, 2.75) is 51.2 Å². The molecule has 0 saturated heterocycles. The van der Waals surface area contributed by atoms with Crippen molar-refractivity contribution >= 4 is 102 Å². The molecule has 18 rings (SSSR count). The van der Waals surface area contributed by atoms with Gasteiger partial charge in [0, 0.05) is 225 Å². The van der Waals surface area contributed by atoms with Crippen molar-refractivity contribution in [2.24, 2.45) is 25.6 Å². The minimum Gasteiger partial charge on any atom is -0.497 e. The number of nitrogens with two attached hydrogens (primary N) is 2. The van der Waals surface area contributed by atoms with E-state index in [1.807, 2.05) is 194 Å². The molecule has 0 aliphatic carbocycles. The van der Waals surface area contributed by atoms with Crippen LogP contribution < -0.4 is 73.7 Å². The third-order valence-corrected chi connectivity index (χ3v) is 23.6. The Hall–Kier alpha value is -17.3. The highest BCUT2D eigenvalue weighted by atomic mass is 19.4. The molecule has 2 atom stereocenters. The summed E-state index contributed by atoms with van der Waals surface area (Å²) in [5, 5.41) is 37.7. The molecule has 0 aliphatic heterocycles. The number of hydrogen-bond donors (Lipinski definition) is 4. The molecule has 148 heavy (non-hydrogen) atoms. The topological polar surface area (TPSA) is 398 Å². The third-order valence-electron chi connectivity index (χ3n) is 23.6. The van der Waals surface area contributed by atoms with E-state index in [1.165, 1.54) is 24.7 Å². The van der Waals surface area contributed by atoms with Crippen molar-refractivity contribution < 1.29 is 70.8 Å². The molecule has 36 nitrogen and oxygen atoms in total. The van der Waals surface area contributed by atoms with Gasteiger partial charge in [-0.3, -0.25) is 48.6 Å². The van der Waals surface area contributed by atoms with Crippen molar-refractivity contribution in [3.8, 4) is 96.8 Å². The number of aliphatic hydroxyl groups is 2. The van der Waals surface area contributed by atoms with E-state index in [9.17, 15) is 23.4 Å². The number of nitrogens with zero attached hydrogens (tertiary/aromatic N) is 22. The van der Waals surface area contributed by atoms with Gasteiger partial charge in [0.05, 0.1) is 212 Å². The number of ether oxygens (including phenoxy) is 10. The molecule has 8 aromatic carbocycles. The number of benzene rings is 8. The standard InChI is InChI=1S/C29H28N6O3.C29H28N6O2.C26H32N6O4.C25H27F3N6O3/c1-34-19-20(17-32-34)28-18-31-25-10-9-21(15-27(25)33-28)35(22-13-23(36-2)16-24(14-22)37-3)12-6-7-26-29(38-4)8-5-11-30-26;1-20-9-10-30-22(12-20)6-5-11-35(24-13-25(36-3)16-26(14-24)37-4)23-7-8-27-28(15-23)33-29(18-31-27)21-17-32-34(2)19-21;1-34-17-21(33)16-32(20-9-22(35-2)12-23(10-20)36-3)19-5-6-24-25(11-19)30-26(14-28-24)18-13-29-31(15-18)8-4-7-27;1-36-19-8-18(9-20(11-19)37-2)34(15-24(35)25(26,27)28)17-4-5-21-22(10-17)32-23(13-30-21)16-12-31-33(14-16)7-3-6-29/h5-11,13-19H,12H2,1-4H3;5-10,12-19H,11H2,1-4H3;5-6,9-15,21,33H,4,7-8,16-17,27H2,1-3H3;4-5,8-14,24,35H,3,6-7,15,29H2,1-2H3/b7-6+;6-5+;;/t;;21-;24-/m..10/s1. The number of halogens is 3. The Bertz CT molecular complexity index is 7500. The first kappa shape index (κ1) is 105. The van der Waals surface area contributed by atoms with Gasteiger partial charge in [-0.2, -0.15) is 33.6 Å². The Morgan fingerprint density at radius 3 is 1.05 bits per heavy atom. The minimum absolute atomic E-state index is 0.198. The van der Waals surface area contributed by atoms with Crippen molar-refractivity contribution in [3.05, 3.63) is 286 Å². The van der Waals surface area contributed by atoms with Crippen LogP contribution in [0.4, 0.5) is 58.7 Å². The summed E-state index contributed by atoms with van der Waals surface area (Å²) in [5.74, 6) is 5.58. The molecule has 10 aromatic heterocycles. The smallest absolute Gasteiger partial charge is 0.416 e. The maximum absolute atomic E-state index is 13.3. The Morgan fingerprint density at radius 1 is 0.365 bits per heavy atom. The number of alkyl halides is 3. The molecule has 0 fully saturated rings. The third kappa shape index (κ3) is 27.0. The molecule has 0 bridgehead atoms. The van der Waals surface area contributed by atoms with Gasteiger partial charge >= 0.3 is 6.18 Å². The number of aliphatic hydroxyl groups excluding tert-OH is 2. The number of hydrogen-bond acceptors (Lipinski definition) is 32. The van der Waals surface area contributed by atoms with Gasteiger partial charge in [-0.1, -0.05) is 12.2 Å². The van der Waals surface area contributed by atoms with Gasteiger partial charge in [0.15, 0.2) is 6.10 Å². The van der Waals surface area contributed by atoms with Gasteiger partial charge in [0.2, 0.25) is 0 Å². The number of pyridine rings is 2. The second-order valence-corrected chi connectivity index (χ2v) is 33.8. The molecule has 0 spiro atoms. The van der Waals surface area contributed by atoms with E-state index in [-0.39, 0.29) is 13.2 Å². The van der Waals surface area contributed by atoms with Gasteiger partial charge in [0.1, 0.15) is 57.4 Å². The first-order chi connectivity index (χ1) is 71.8. The lowest BCUT2D eigenvalue weighted by molar-refractivity contribution is -0.199. The summed E-state index contributed by atoms with van der Waals surface area (Å²) in [5.41, 5.74) is 32.1. The van der Waals surface area contributed by atoms with E-state index in [4.69, 9.17) is 73.8 Å². The lowest BCUT2D eigenvalue weighted by Gasteiger charge is -2.29. The highest BCUT2D eigenvalue weighted by molar-refractivity contribution is 5.88. The van der Waals surface area contributed by atoms with Crippen LogP contribution in [0.3, 0.4) is 0 Å². The fourth-order valence-corrected chi connectivity index (χ4v) is 15.9. The molecule has 0 amide bonds. The van der Waals surface area contributed by atoms with Gasteiger partial charge in [0.25, 0.3) is 0 Å². The van der Waals surface area contributed by atoms with E-state index in [0.717, 1.165) is 137 Å². The molecule has 10 heterocycles. The zero-order chi connectivity index (χ0) is 104. The van der Waals surface area contributed by atoms with Crippen molar-refractivity contribution in [3.63, 3.8) is 0 Å². The average Bonchev–Trinajstić information content (AvgIpc) is 1.11.